The normalized spacial score (nSPS) is 14.5. The summed E-state index contributed by atoms with van der Waals surface area (Å²) < 4.78 is 23.7. The Balaban J connectivity index is 1.99. The summed E-state index contributed by atoms with van der Waals surface area (Å²) in [5.41, 5.74) is 1.72. The Hall–Kier alpha value is -2.94. The number of nitro benzene ring substituents is 1. The van der Waals surface area contributed by atoms with Crippen LogP contribution in [-0.4, -0.2) is 38.6 Å². The lowest BCUT2D eigenvalue weighted by Gasteiger charge is -2.30. The van der Waals surface area contributed by atoms with E-state index in [4.69, 9.17) is 0 Å². The lowest BCUT2D eigenvalue weighted by Crippen LogP contribution is -2.31. The van der Waals surface area contributed by atoms with Gasteiger partial charge in [-0.15, -0.1) is 0 Å². The van der Waals surface area contributed by atoms with Crippen molar-refractivity contribution in [3.05, 3.63) is 57.6 Å². The van der Waals surface area contributed by atoms with Gasteiger partial charge in [0, 0.05) is 37.2 Å². The maximum absolute atomic E-state index is 13.1. The van der Waals surface area contributed by atoms with Crippen molar-refractivity contribution in [2.24, 2.45) is 0 Å². The van der Waals surface area contributed by atoms with Crippen molar-refractivity contribution < 1.29 is 18.1 Å². The van der Waals surface area contributed by atoms with E-state index in [9.17, 15) is 23.3 Å². The van der Waals surface area contributed by atoms with E-state index < -0.39 is 20.7 Å². The van der Waals surface area contributed by atoms with Crippen LogP contribution in [0.1, 0.15) is 35.2 Å². The zero-order valence-corrected chi connectivity index (χ0v) is 17.2. The van der Waals surface area contributed by atoms with E-state index in [0.29, 0.717) is 16.9 Å². The van der Waals surface area contributed by atoms with Gasteiger partial charge in [0.1, 0.15) is 0 Å². The highest BCUT2D eigenvalue weighted by atomic mass is 32.2. The van der Waals surface area contributed by atoms with Crippen LogP contribution in [0, 0.1) is 17.0 Å². The molecule has 29 heavy (non-hydrogen) atoms. The molecule has 9 heteroatoms. The van der Waals surface area contributed by atoms with Crippen molar-refractivity contribution in [3.8, 4) is 0 Å². The van der Waals surface area contributed by atoms with Gasteiger partial charge in [-0.05, 0) is 49.9 Å². The molecule has 1 N–H and O–H groups in total. The highest BCUT2D eigenvalue weighted by molar-refractivity contribution is 7.90. The number of carbonyl (C=O) groups excluding carboxylic acids is 1. The Morgan fingerprint density at radius 2 is 1.79 bits per heavy atom. The predicted octanol–water partition coefficient (Wildman–Crippen LogP) is 3.55. The third kappa shape index (κ3) is 4.73. The summed E-state index contributed by atoms with van der Waals surface area (Å²) in [6.45, 7) is 3.31. The van der Waals surface area contributed by atoms with Crippen LogP contribution in [-0.2, 0) is 9.84 Å². The summed E-state index contributed by atoms with van der Waals surface area (Å²) in [7, 11) is -3.43. The number of nitrogens with zero attached hydrogens (tertiary/aromatic N) is 2. The van der Waals surface area contributed by atoms with E-state index in [1.807, 2.05) is 0 Å². The zero-order valence-electron chi connectivity index (χ0n) is 16.3. The number of carbonyl (C=O) groups is 1. The fraction of sp³-hybridized carbons (Fsp3) is 0.350. The molecule has 1 heterocycles. The number of nitro groups is 1. The van der Waals surface area contributed by atoms with Crippen molar-refractivity contribution in [2.75, 3.05) is 29.6 Å². The number of rotatable bonds is 5. The van der Waals surface area contributed by atoms with Crippen LogP contribution in [0.15, 0.2) is 41.3 Å². The standard InChI is InChI=1S/C20H23N3O5S/c1-14-6-8-16(29(2,27)28)13-18(14)21-20(24)17-12-15(23(25)26)7-9-19(17)22-10-4-3-5-11-22/h6-9,12-13H,3-5,10-11H2,1-2H3,(H,21,24). The first-order chi connectivity index (χ1) is 13.7. The number of aryl methyl sites for hydroxylation is 1. The SMILES string of the molecule is Cc1ccc(S(C)(=O)=O)cc1NC(=O)c1cc([N+](=O)[O-])ccc1N1CCCCC1. The minimum atomic E-state index is -3.43. The number of sulfone groups is 1. The lowest BCUT2D eigenvalue weighted by atomic mass is 10.1. The van der Waals surface area contributed by atoms with Crippen LogP contribution in [0.25, 0.3) is 0 Å². The van der Waals surface area contributed by atoms with Gasteiger partial charge >= 0.3 is 0 Å². The van der Waals surface area contributed by atoms with Gasteiger partial charge in [-0.2, -0.15) is 0 Å². The van der Waals surface area contributed by atoms with Crippen LogP contribution in [0.5, 0.6) is 0 Å². The van der Waals surface area contributed by atoms with Crippen molar-refractivity contribution in [1.29, 1.82) is 0 Å². The summed E-state index contributed by atoms with van der Waals surface area (Å²) in [4.78, 5) is 25.9. The second kappa shape index (κ2) is 8.20. The Bertz CT molecular complexity index is 1060. The number of non-ortho nitro benzene ring substituents is 1. The minimum absolute atomic E-state index is 0.0914. The topological polar surface area (TPSA) is 110 Å². The molecule has 8 nitrogen and oxygen atoms in total. The number of benzene rings is 2. The van der Waals surface area contributed by atoms with Gasteiger partial charge < -0.3 is 10.2 Å². The molecule has 0 spiro atoms. The van der Waals surface area contributed by atoms with Gasteiger partial charge in [-0.25, -0.2) is 8.42 Å². The van der Waals surface area contributed by atoms with Gasteiger partial charge in [0.25, 0.3) is 11.6 Å². The molecule has 0 aliphatic carbocycles. The highest BCUT2D eigenvalue weighted by Gasteiger charge is 2.22. The van der Waals surface area contributed by atoms with E-state index in [1.165, 1.54) is 24.3 Å². The average Bonchev–Trinajstić information content (AvgIpc) is 2.69. The molecule has 0 unspecified atom stereocenters. The van der Waals surface area contributed by atoms with Crippen LogP contribution in [0.3, 0.4) is 0 Å². The monoisotopic (exact) mass is 417 g/mol. The maximum Gasteiger partial charge on any atom is 0.270 e. The van der Waals surface area contributed by atoms with Gasteiger partial charge in [-0.1, -0.05) is 6.07 Å². The third-order valence-corrected chi connectivity index (χ3v) is 6.13. The number of nitrogens with one attached hydrogen (secondary N) is 1. The van der Waals surface area contributed by atoms with Gasteiger partial charge in [0.15, 0.2) is 9.84 Å². The molecule has 1 amide bonds. The predicted molar refractivity (Wildman–Crippen MR) is 111 cm³/mol. The first-order valence-electron chi connectivity index (χ1n) is 9.32. The first kappa shape index (κ1) is 20.8. The van der Waals surface area contributed by atoms with Gasteiger partial charge in [0.05, 0.1) is 21.1 Å². The summed E-state index contributed by atoms with van der Waals surface area (Å²) in [5.74, 6) is -0.511. The van der Waals surface area contributed by atoms with E-state index in [-0.39, 0.29) is 16.1 Å². The van der Waals surface area contributed by atoms with Crippen LogP contribution >= 0.6 is 0 Å². The van der Waals surface area contributed by atoms with Crippen molar-refractivity contribution in [1.82, 2.24) is 0 Å². The highest BCUT2D eigenvalue weighted by Crippen LogP contribution is 2.29. The Morgan fingerprint density at radius 1 is 1.10 bits per heavy atom. The van der Waals surface area contributed by atoms with Gasteiger partial charge in [0.2, 0.25) is 0 Å². The van der Waals surface area contributed by atoms with Crippen LogP contribution < -0.4 is 10.2 Å². The summed E-state index contributed by atoms with van der Waals surface area (Å²) in [5, 5.41) is 14.0. The van der Waals surface area contributed by atoms with E-state index in [0.717, 1.165) is 38.6 Å². The second-order valence-corrected chi connectivity index (χ2v) is 9.23. The number of piperidine rings is 1. The summed E-state index contributed by atoms with van der Waals surface area (Å²) in [6, 6.07) is 8.78. The molecule has 1 aliphatic heterocycles. The third-order valence-electron chi connectivity index (χ3n) is 5.02. The van der Waals surface area contributed by atoms with E-state index in [2.05, 4.69) is 10.2 Å². The molecule has 154 valence electrons. The number of anilines is 2. The van der Waals surface area contributed by atoms with E-state index >= 15 is 0 Å². The molecule has 2 aromatic carbocycles. The summed E-state index contributed by atoms with van der Waals surface area (Å²) >= 11 is 0. The van der Waals surface area contributed by atoms with Crippen molar-refractivity contribution in [2.45, 2.75) is 31.1 Å². The van der Waals surface area contributed by atoms with Crippen molar-refractivity contribution >= 4 is 32.8 Å². The number of hydrogen-bond acceptors (Lipinski definition) is 6. The molecule has 1 saturated heterocycles. The first-order valence-corrected chi connectivity index (χ1v) is 11.2. The molecule has 3 rings (SSSR count). The molecule has 0 radical (unpaired) electrons. The Kier molecular flexibility index (Phi) is 5.88. The molecule has 0 aromatic heterocycles. The minimum Gasteiger partial charge on any atom is -0.371 e. The average molecular weight is 417 g/mol. The fourth-order valence-corrected chi connectivity index (χ4v) is 4.03. The molecule has 1 fully saturated rings. The molecule has 0 bridgehead atoms. The summed E-state index contributed by atoms with van der Waals surface area (Å²) in [6.07, 6.45) is 4.20. The zero-order chi connectivity index (χ0) is 21.2. The Morgan fingerprint density at radius 3 is 2.41 bits per heavy atom. The molecule has 2 aromatic rings. The van der Waals surface area contributed by atoms with Crippen LogP contribution in [0.4, 0.5) is 17.1 Å². The fourth-order valence-electron chi connectivity index (χ4n) is 3.39. The molecule has 1 aliphatic rings. The molecule has 0 atom stereocenters. The second-order valence-electron chi connectivity index (χ2n) is 7.21. The number of hydrogen-bond donors (Lipinski definition) is 1. The number of amides is 1. The largest absolute Gasteiger partial charge is 0.371 e. The smallest absolute Gasteiger partial charge is 0.270 e. The Labute approximate surface area is 169 Å². The van der Waals surface area contributed by atoms with Gasteiger partial charge in [-0.3, -0.25) is 14.9 Å². The molecular weight excluding hydrogens is 394 g/mol. The molecular formula is C20H23N3O5S. The lowest BCUT2D eigenvalue weighted by molar-refractivity contribution is -0.384. The maximum atomic E-state index is 13.1. The molecule has 0 saturated carbocycles. The quantitative estimate of drug-likeness (QED) is 0.588. The van der Waals surface area contributed by atoms with Crippen LogP contribution in [0.2, 0.25) is 0 Å². The van der Waals surface area contributed by atoms with E-state index in [1.54, 1.807) is 19.1 Å². The van der Waals surface area contributed by atoms with Crippen molar-refractivity contribution in [3.63, 3.8) is 0 Å².